The van der Waals surface area contributed by atoms with E-state index in [0.29, 0.717) is 18.2 Å². The van der Waals surface area contributed by atoms with Crippen molar-refractivity contribution in [3.05, 3.63) is 28.7 Å². The van der Waals surface area contributed by atoms with Crippen molar-refractivity contribution >= 4 is 21.7 Å². The number of hydrogen-bond acceptors (Lipinski definition) is 5. The predicted octanol–water partition coefficient (Wildman–Crippen LogP) is 3.08. The monoisotopic (exact) mass is 311 g/mol. The minimum absolute atomic E-state index is 0.366. The molecular weight excluding hydrogens is 298 g/mol. The van der Waals surface area contributed by atoms with Crippen LogP contribution in [0, 0.1) is 0 Å². The van der Waals surface area contributed by atoms with Gasteiger partial charge in [0, 0.05) is 19.7 Å². The standard InChI is InChI=1S/C12H14BrN3O2/c1-3-14-10-6-9(12-8(13)4-5-18-12)15-11(16-10)7-17-2/h4-6H,3,7H2,1-2H3,(H,14,15,16). The Balaban J connectivity index is 2.42. The molecule has 0 saturated heterocycles. The number of anilines is 1. The molecule has 0 spiro atoms. The van der Waals surface area contributed by atoms with Crippen molar-refractivity contribution in [3.63, 3.8) is 0 Å². The molecule has 0 bridgehead atoms. The largest absolute Gasteiger partial charge is 0.461 e. The fourth-order valence-corrected chi connectivity index (χ4v) is 1.96. The molecule has 0 radical (unpaired) electrons. The summed E-state index contributed by atoms with van der Waals surface area (Å²) in [4.78, 5) is 8.76. The number of rotatable bonds is 5. The first-order valence-electron chi connectivity index (χ1n) is 5.58. The number of methoxy groups -OCH3 is 1. The third kappa shape index (κ3) is 2.88. The zero-order chi connectivity index (χ0) is 13.0. The summed E-state index contributed by atoms with van der Waals surface area (Å²) >= 11 is 3.42. The zero-order valence-electron chi connectivity index (χ0n) is 10.2. The molecule has 0 amide bonds. The summed E-state index contributed by atoms with van der Waals surface area (Å²) in [5.74, 6) is 2.07. The van der Waals surface area contributed by atoms with E-state index in [-0.39, 0.29) is 0 Å². The van der Waals surface area contributed by atoms with Crippen molar-refractivity contribution in [1.29, 1.82) is 0 Å². The third-order valence-corrected chi connectivity index (χ3v) is 2.88. The molecule has 2 aromatic rings. The summed E-state index contributed by atoms with van der Waals surface area (Å²) in [5.41, 5.74) is 0.727. The van der Waals surface area contributed by atoms with E-state index in [2.05, 4.69) is 31.2 Å². The Morgan fingerprint density at radius 3 is 2.89 bits per heavy atom. The molecule has 6 heteroatoms. The van der Waals surface area contributed by atoms with Crippen LogP contribution in [0.15, 0.2) is 27.3 Å². The summed E-state index contributed by atoms with van der Waals surface area (Å²) in [6, 6.07) is 3.69. The van der Waals surface area contributed by atoms with Gasteiger partial charge in [-0.15, -0.1) is 0 Å². The van der Waals surface area contributed by atoms with Crippen LogP contribution in [0.25, 0.3) is 11.5 Å². The van der Waals surface area contributed by atoms with Crippen LogP contribution in [-0.2, 0) is 11.3 Å². The molecule has 0 aliphatic carbocycles. The van der Waals surface area contributed by atoms with Gasteiger partial charge in [-0.05, 0) is 28.9 Å². The molecule has 2 aromatic heterocycles. The first-order valence-corrected chi connectivity index (χ1v) is 6.38. The topological polar surface area (TPSA) is 60.2 Å². The summed E-state index contributed by atoms with van der Waals surface area (Å²) in [6.07, 6.45) is 1.62. The fraction of sp³-hybridized carbons (Fsp3) is 0.333. The van der Waals surface area contributed by atoms with Gasteiger partial charge in [-0.2, -0.15) is 0 Å². The number of halogens is 1. The quantitative estimate of drug-likeness (QED) is 0.919. The van der Waals surface area contributed by atoms with Gasteiger partial charge in [0.15, 0.2) is 11.6 Å². The van der Waals surface area contributed by atoms with Crippen molar-refractivity contribution in [2.45, 2.75) is 13.5 Å². The van der Waals surface area contributed by atoms with Gasteiger partial charge in [0.25, 0.3) is 0 Å². The summed E-state index contributed by atoms with van der Waals surface area (Å²) in [7, 11) is 1.62. The van der Waals surface area contributed by atoms with Crippen molar-refractivity contribution < 1.29 is 9.15 Å². The van der Waals surface area contributed by atoms with Crippen molar-refractivity contribution in [2.75, 3.05) is 19.0 Å². The maximum atomic E-state index is 5.41. The van der Waals surface area contributed by atoms with E-state index in [1.54, 1.807) is 13.4 Å². The molecule has 18 heavy (non-hydrogen) atoms. The number of nitrogens with zero attached hydrogens (tertiary/aromatic N) is 2. The number of ether oxygens (including phenoxy) is 1. The Labute approximate surface area is 114 Å². The van der Waals surface area contributed by atoms with E-state index in [1.165, 1.54) is 0 Å². The van der Waals surface area contributed by atoms with Gasteiger partial charge in [0.2, 0.25) is 0 Å². The fourth-order valence-electron chi connectivity index (χ4n) is 1.56. The highest BCUT2D eigenvalue weighted by molar-refractivity contribution is 9.10. The van der Waals surface area contributed by atoms with Crippen molar-refractivity contribution in [2.24, 2.45) is 0 Å². The van der Waals surface area contributed by atoms with E-state index in [4.69, 9.17) is 9.15 Å². The first kappa shape index (κ1) is 13.0. The van der Waals surface area contributed by atoms with E-state index in [1.807, 2.05) is 19.1 Å². The first-order chi connectivity index (χ1) is 8.74. The summed E-state index contributed by atoms with van der Waals surface area (Å²) in [5, 5.41) is 3.16. The van der Waals surface area contributed by atoms with Crippen LogP contribution in [-0.4, -0.2) is 23.6 Å². The SMILES string of the molecule is CCNc1cc(-c2occc2Br)nc(COC)n1. The molecule has 0 fully saturated rings. The van der Waals surface area contributed by atoms with Crippen LogP contribution < -0.4 is 5.32 Å². The molecule has 5 nitrogen and oxygen atoms in total. The number of hydrogen-bond donors (Lipinski definition) is 1. The third-order valence-electron chi connectivity index (χ3n) is 2.25. The van der Waals surface area contributed by atoms with Crippen molar-refractivity contribution in [3.8, 4) is 11.5 Å². The van der Waals surface area contributed by atoms with Gasteiger partial charge in [-0.25, -0.2) is 9.97 Å². The predicted molar refractivity (Wildman–Crippen MR) is 72.3 cm³/mol. The molecule has 0 unspecified atom stereocenters. The van der Waals surface area contributed by atoms with Crippen LogP contribution in [0.5, 0.6) is 0 Å². The maximum Gasteiger partial charge on any atom is 0.166 e. The van der Waals surface area contributed by atoms with Crippen LogP contribution >= 0.6 is 15.9 Å². The average molecular weight is 312 g/mol. The lowest BCUT2D eigenvalue weighted by Gasteiger charge is -2.07. The summed E-state index contributed by atoms with van der Waals surface area (Å²) < 4.78 is 11.3. The second-order valence-corrected chi connectivity index (χ2v) is 4.47. The maximum absolute atomic E-state index is 5.41. The Morgan fingerprint density at radius 1 is 1.44 bits per heavy atom. The van der Waals surface area contributed by atoms with E-state index >= 15 is 0 Å². The molecule has 0 aliphatic heterocycles. The van der Waals surface area contributed by atoms with Crippen LogP contribution in [0.3, 0.4) is 0 Å². The van der Waals surface area contributed by atoms with Gasteiger partial charge >= 0.3 is 0 Å². The molecule has 96 valence electrons. The van der Waals surface area contributed by atoms with Crippen LogP contribution in [0.2, 0.25) is 0 Å². The highest BCUT2D eigenvalue weighted by atomic mass is 79.9. The molecule has 0 saturated carbocycles. The molecule has 1 N–H and O–H groups in total. The molecule has 0 atom stereocenters. The highest BCUT2D eigenvalue weighted by Gasteiger charge is 2.12. The van der Waals surface area contributed by atoms with Gasteiger partial charge in [0.05, 0.1) is 10.7 Å². The Kier molecular flexibility index (Phi) is 4.33. The minimum Gasteiger partial charge on any atom is -0.461 e. The smallest absolute Gasteiger partial charge is 0.166 e. The van der Waals surface area contributed by atoms with Crippen LogP contribution in [0.1, 0.15) is 12.7 Å². The minimum atomic E-state index is 0.366. The van der Waals surface area contributed by atoms with Crippen LogP contribution in [0.4, 0.5) is 5.82 Å². The van der Waals surface area contributed by atoms with Gasteiger partial charge < -0.3 is 14.5 Å². The Hall–Kier alpha value is -1.40. The molecule has 2 heterocycles. The lowest BCUT2D eigenvalue weighted by Crippen LogP contribution is -2.05. The summed E-state index contributed by atoms with van der Waals surface area (Å²) in [6.45, 7) is 3.17. The lowest BCUT2D eigenvalue weighted by molar-refractivity contribution is 0.178. The van der Waals surface area contributed by atoms with Gasteiger partial charge in [-0.1, -0.05) is 0 Å². The number of aromatic nitrogens is 2. The molecule has 0 aliphatic rings. The Bertz CT molecular complexity index is 504. The van der Waals surface area contributed by atoms with Gasteiger partial charge in [0.1, 0.15) is 18.1 Å². The van der Waals surface area contributed by atoms with E-state index in [9.17, 15) is 0 Å². The molecule has 2 rings (SSSR count). The number of furan rings is 1. The average Bonchev–Trinajstić information content (AvgIpc) is 2.76. The van der Waals surface area contributed by atoms with E-state index in [0.717, 1.165) is 22.5 Å². The Morgan fingerprint density at radius 2 is 2.28 bits per heavy atom. The van der Waals surface area contributed by atoms with Gasteiger partial charge in [-0.3, -0.25) is 0 Å². The lowest BCUT2D eigenvalue weighted by atomic mass is 10.3. The number of nitrogens with one attached hydrogen (secondary N) is 1. The van der Waals surface area contributed by atoms with E-state index < -0.39 is 0 Å². The highest BCUT2D eigenvalue weighted by Crippen LogP contribution is 2.29. The second kappa shape index (κ2) is 5.97. The molecular formula is C12H14BrN3O2. The zero-order valence-corrected chi connectivity index (χ0v) is 11.8. The second-order valence-electron chi connectivity index (χ2n) is 3.62. The van der Waals surface area contributed by atoms with Crippen molar-refractivity contribution in [1.82, 2.24) is 9.97 Å². The molecule has 0 aromatic carbocycles. The normalized spacial score (nSPS) is 10.6.